The first-order valence-electron chi connectivity index (χ1n) is 20.1. The van der Waals surface area contributed by atoms with Crippen LogP contribution in [0.3, 0.4) is 0 Å². The number of nitrogens with zero attached hydrogens (tertiary/aromatic N) is 4. The summed E-state index contributed by atoms with van der Waals surface area (Å²) in [5.74, 6) is -0.222. The predicted molar refractivity (Wildman–Crippen MR) is 254 cm³/mol. The number of primary sulfonamides is 1. The summed E-state index contributed by atoms with van der Waals surface area (Å²) >= 11 is 22.5. The van der Waals surface area contributed by atoms with Gasteiger partial charge in [0.2, 0.25) is 0 Å². The van der Waals surface area contributed by atoms with Crippen LogP contribution in [0.4, 0.5) is 11.6 Å². The minimum absolute atomic E-state index is 0. The Morgan fingerprint density at radius 1 is 0.750 bits per heavy atom. The number of carbonyl (C=O) groups is 2. The lowest BCUT2D eigenvalue weighted by molar-refractivity contribution is 0.0696. The number of anilines is 2. The van der Waals surface area contributed by atoms with Crippen molar-refractivity contribution in [3.63, 3.8) is 0 Å². The third-order valence-corrected chi connectivity index (χ3v) is 13.3. The Hall–Kier alpha value is -3.59. The van der Waals surface area contributed by atoms with E-state index in [-0.39, 0.29) is 59.7 Å². The van der Waals surface area contributed by atoms with Crippen molar-refractivity contribution in [3.8, 4) is 0 Å². The summed E-state index contributed by atoms with van der Waals surface area (Å²) in [5.41, 5.74) is 0.548. The minimum atomic E-state index is -4.19. The van der Waals surface area contributed by atoms with E-state index >= 15 is 0 Å². The number of rotatable bonds is 15. The van der Waals surface area contributed by atoms with E-state index in [9.17, 15) is 26.4 Å². The third kappa shape index (κ3) is 18.0. The fourth-order valence-electron chi connectivity index (χ4n) is 7.16. The lowest BCUT2D eigenvalue weighted by atomic mass is 9.89. The Bertz CT molecular complexity index is 2450. The molecule has 4 aromatic heterocycles. The zero-order valence-electron chi connectivity index (χ0n) is 35.7. The third-order valence-electron chi connectivity index (χ3n) is 10.3. The maximum atomic E-state index is 12.6. The smallest absolute Gasteiger partial charge is 0.338 e. The first-order chi connectivity index (χ1) is 29.4. The number of hydrogen-bond donors (Lipinski definition) is 6. The predicted octanol–water partition coefficient (Wildman–Crippen LogP) is 8.88. The van der Waals surface area contributed by atoms with Crippen LogP contribution in [-0.4, -0.2) is 78.4 Å². The summed E-state index contributed by atoms with van der Waals surface area (Å²) in [6, 6.07) is 15.2. The van der Waals surface area contributed by atoms with Crippen LogP contribution >= 0.6 is 58.8 Å². The average Bonchev–Trinajstić information content (AvgIpc) is 3.73. The summed E-state index contributed by atoms with van der Waals surface area (Å²) in [5, 5.41) is 23.1. The van der Waals surface area contributed by atoms with Crippen LogP contribution in [0.15, 0.2) is 70.7 Å². The molecule has 2 unspecified atom stereocenters. The van der Waals surface area contributed by atoms with E-state index in [0.717, 1.165) is 44.6 Å². The molecule has 23 heteroatoms. The average molecular weight is 1030 g/mol. The van der Waals surface area contributed by atoms with Gasteiger partial charge in [0.25, 0.3) is 26.0 Å². The van der Waals surface area contributed by atoms with Crippen molar-refractivity contribution in [3.05, 3.63) is 92.4 Å². The number of nitrogens with two attached hydrogens (primary N) is 1. The van der Waals surface area contributed by atoms with Gasteiger partial charge in [-0.05, 0) is 131 Å². The SMILES string of the molecule is CC1(C)CCC(CCCNc2cccc(S(=O)(=O)NC(=O)c3ccc(Cl)nc3Cl)n2)N1.CC1(C)CCC(CCCNc2cccc(S(N)(=O)=O)n2)C1.Cl.O=C(O)c1ccc(Cl)nc1Cl. The molecule has 1 aliphatic heterocycles. The number of carboxylic acid groups (broad SMARTS) is 1. The van der Waals surface area contributed by atoms with Gasteiger partial charge >= 0.3 is 5.97 Å². The van der Waals surface area contributed by atoms with E-state index in [0.29, 0.717) is 29.6 Å². The molecular formula is C41H54Cl5N9O7S2. The second kappa shape index (κ2) is 24.3. The van der Waals surface area contributed by atoms with Crippen molar-refractivity contribution in [2.75, 3.05) is 23.7 Å². The molecule has 0 radical (unpaired) electrons. The van der Waals surface area contributed by atoms with Gasteiger partial charge in [-0.3, -0.25) is 4.79 Å². The van der Waals surface area contributed by atoms with Crippen LogP contribution in [0, 0.1) is 11.3 Å². The number of halogens is 5. The maximum absolute atomic E-state index is 12.6. The second-order valence-corrected chi connectivity index (χ2v) is 21.3. The van der Waals surface area contributed by atoms with E-state index in [4.69, 9.17) is 56.6 Å². The van der Waals surface area contributed by atoms with Gasteiger partial charge < -0.3 is 21.1 Å². The first-order valence-corrected chi connectivity index (χ1v) is 24.6. The number of carbonyl (C=O) groups excluding carboxylic acids is 1. The largest absolute Gasteiger partial charge is 0.478 e. The van der Waals surface area contributed by atoms with Crippen molar-refractivity contribution in [1.29, 1.82) is 0 Å². The number of carboxylic acids is 1. The number of aromatic carboxylic acids is 1. The van der Waals surface area contributed by atoms with Crippen LogP contribution in [0.2, 0.25) is 20.6 Å². The normalized spacial score (nSPS) is 17.4. The molecule has 1 aliphatic carbocycles. The lowest BCUT2D eigenvalue weighted by Gasteiger charge is -2.20. The van der Waals surface area contributed by atoms with Crippen LogP contribution in [-0.2, 0) is 20.0 Å². The molecule has 64 heavy (non-hydrogen) atoms. The van der Waals surface area contributed by atoms with Gasteiger partial charge in [-0.25, -0.2) is 43.0 Å². The molecule has 1 saturated carbocycles. The zero-order valence-corrected chi connectivity index (χ0v) is 41.2. The van der Waals surface area contributed by atoms with Gasteiger partial charge in [-0.1, -0.05) is 72.4 Å². The van der Waals surface area contributed by atoms with Crippen LogP contribution in [0.25, 0.3) is 0 Å². The van der Waals surface area contributed by atoms with Gasteiger partial charge in [-0.2, -0.15) is 8.42 Å². The van der Waals surface area contributed by atoms with Gasteiger partial charge in [0, 0.05) is 24.7 Å². The molecule has 0 spiro atoms. The monoisotopic (exact) mass is 1020 g/mol. The van der Waals surface area contributed by atoms with Gasteiger partial charge in [-0.15, -0.1) is 12.4 Å². The summed E-state index contributed by atoms with van der Waals surface area (Å²) in [7, 11) is -7.93. The number of hydrogen-bond acceptors (Lipinski definition) is 13. The highest BCUT2D eigenvalue weighted by Gasteiger charge is 2.31. The van der Waals surface area contributed by atoms with E-state index in [1.165, 1.54) is 62.1 Å². The maximum Gasteiger partial charge on any atom is 0.338 e. The number of nitrogens with one attached hydrogen (secondary N) is 4. The van der Waals surface area contributed by atoms with E-state index in [1.54, 1.807) is 24.3 Å². The molecule has 1 amide bonds. The van der Waals surface area contributed by atoms with Gasteiger partial charge in [0.15, 0.2) is 10.1 Å². The van der Waals surface area contributed by atoms with Crippen molar-refractivity contribution < 1.29 is 31.5 Å². The molecule has 1 saturated heterocycles. The highest BCUT2D eigenvalue weighted by Crippen LogP contribution is 2.42. The highest BCUT2D eigenvalue weighted by molar-refractivity contribution is 7.90. The fourth-order valence-corrected chi connectivity index (χ4v) is 9.45. The Kier molecular flexibility index (Phi) is 20.7. The van der Waals surface area contributed by atoms with Crippen LogP contribution in [0.5, 0.6) is 0 Å². The van der Waals surface area contributed by atoms with Crippen molar-refractivity contribution in [1.82, 2.24) is 30.0 Å². The molecular weight excluding hydrogens is 972 g/mol. The Morgan fingerprint density at radius 2 is 1.28 bits per heavy atom. The summed E-state index contributed by atoms with van der Waals surface area (Å²) < 4.78 is 49.6. The quantitative estimate of drug-likeness (QED) is 0.0481. The molecule has 2 aliphatic rings. The van der Waals surface area contributed by atoms with Gasteiger partial charge in [0.1, 0.15) is 32.2 Å². The van der Waals surface area contributed by atoms with Crippen molar-refractivity contribution in [2.45, 2.75) is 107 Å². The van der Waals surface area contributed by atoms with Gasteiger partial charge in [0.05, 0.1) is 11.1 Å². The molecule has 6 rings (SSSR count). The molecule has 352 valence electrons. The molecule has 0 aromatic carbocycles. The Labute approximate surface area is 401 Å². The number of sulfonamides is 2. The lowest BCUT2D eigenvalue weighted by Crippen LogP contribution is -2.37. The Morgan fingerprint density at radius 3 is 1.77 bits per heavy atom. The first kappa shape index (κ1) is 54.7. The topological polar surface area (TPSA) is 248 Å². The molecule has 2 atom stereocenters. The number of amides is 1. The summed E-state index contributed by atoms with van der Waals surface area (Å²) in [4.78, 5) is 38.1. The van der Waals surface area contributed by atoms with Crippen molar-refractivity contribution in [2.24, 2.45) is 16.5 Å². The highest BCUT2D eigenvalue weighted by atomic mass is 35.5. The molecule has 7 N–H and O–H groups in total. The number of pyridine rings is 4. The zero-order chi connectivity index (χ0) is 46.6. The van der Waals surface area contributed by atoms with E-state index in [1.807, 2.05) is 4.72 Å². The molecule has 2 fully saturated rings. The Balaban J connectivity index is 0.000000284. The van der Waals surface area contributed by atoms with Crippen molar-refractivity contribution >= 4 is 102 Å². The standard InChI is InChI=1S/C20H25Cl2N5O3S.C15H25N3O2S.C6H3Cl2NO2.ClH/c1-20(2)11-10-13(26-20)5-4-12-23-16-6-3-7-17(25-16)31(29,30)27-19(28)14-8-9-15(21)24-18(14)22;1-15(2)9-8-12(11-15)5-4-10-17-13-6-3-7-14(18-13)21(16,19)20;7-4-2-1-3(6(10)11)5(8)9-4;/h3,6-9,13,26H,4-5,10-12H2,1-2H3,(H,23,25)(H,27,28);3,6-7,12H,4-5,8-11H2,1-2H3,(H,17,18)(H2,16,19,20);1-2H,(H,10,11);1H. The van der Waals surface area contributed by atoms with E-state index in [2.05, 4.69) is 63.6 Å². The summed E-state index contributed by atoms with van der Waals surface area (Å²) in [6.45, 7) is 10.6. The fraction of sp³-hybridized carbons (Fsp3) is 0.463. The number of aromatic nitrogens is 4. The second-order valence-electron chi connectivity index (χ2n) is 16.6. The van der Waals surface area contributed by atoms with E-state index < -0.39 is 31.9 Å². The molecule has 5 heterocycles. The van der Waals surface area contributed by atoms with Crippen LogP contribution < -0.4 is 25.8 Å². The van der Waals surface area contributed by atoms with Crippen LogP contribution in [0.1, 0.15) is 106 Å². The molecule has 16 nitrogen and oxygen atoms in total. The molecule has 0 bridgehead atoms. The minimum Gasteiger partial charge on any atom is -0.478 e. The summed E-state index contributed by atoms with van der Waals surface area (Å²) in [6.07, 6.45) is 10.5. The molecule has 4 aromatic rings.